The summed E-state index contributed by atoms with van der Waals surface area (Å²) < 4.78 is 12.9. The molecule has 0 aliphatic rings. The molecule has 0 saturated carbocycles. The second-order valence-corrected chi connectivity index (χ2v) is 5.92. The molecule has 0 aliphatic heterocycles. The van der Waals surface area contributed by atoms with Crippen molar-refractivity contribution in [1.29, 1.82) is 0 Å². The molecule has 25 heavy (non-hydrogen) atoms. The van der Waals surface area contributed by atoms with Crippen LogP contribution in [0.4, 0.5) is 4.39 Å². The van der Waals surface area contributed by atoms with Gasteiger partial charge in [-0.1, -0.05) is 42.5 Å². The van der Waals surface area contributed by atoms with Crippen LogP contribution in [-0.4, -0.2) is 22.6 Å². The van der Waals surface area contributed by atoms with Crippen LogP contribution >= 0.6 is 0 Å². The number of amides is 1. The summed E-state index contributed by atoms with van der Waals surface area (Å²) in [5.41, 5.74) is 4.14. The smallest absolute Gasteiger partial charge is 0.269 e. The third kappa shape index (κ3) is 4.12. The van der Waals surface area contributed by atoms with Gasteiger partial charge in [0.2, 0.25) is 0 Å². The summed E-state index contributed by atoms with van der Waals surface area (Å²) in [6.07, 6.45) is 1.58. The number of hydrogen-bond acceptors (Lipinski definition) is 2. The molecule has 3 rings (SSSR count). The number of aromatic nitrogens is 2. The first kappa shape index (κ1) is 16.9. The zero-order chi connectivity index (χ0) is 17.6. The predicted molar refractivity (Wildman–Crippen MR) is 95.8 cm³/mol. The lowest BCUT2D eigenvalue weighted by Gasteiger charge is -2.05. The van der Waals surface area contributed by atoms with Crippen LogP contribution in [0.2, 0.25) is 0 Å². The van der Waals surface area contributed by atoms with E-state index in [0.29, 0.717) is 12.2 Å². The van der Waals surface area contributed by atoms with E-state index in [0.717, 1.165) is 35.2 Å². The highest BCUT2D eigenvalue weighted by Crippen LogP contribution is 2.22. The summed E-state index contributed by atoms with van der Waals surface area (Å²) in [6, 6.07) is 16.2. The van der Waals surface area contributed by atoms with E-state index in [1.165, 1.54) is 12.1 Å². The van der Waals surface area contributed by atoms with Gasteiger partial charge >= 0.3 is 0 Å². The largest absolute Gasteiger partial charge is 0.351 e. The molecule has 0 unspecified atom stereocenters. The van der Waals surface area contributed by atoms with E-state index < -0.39 is 0 Å². The van der Waals surface area contributed by atoms with E-state index >= 15 is 0 Å². The second-order valence-electron chi connectivity index (χ2n) is 5.92. The minimum atomic E-state index is -0.235. The summed E-state index contributed by atoms with van der Waals surface area (Å²) >= 11 is 0. The first-order valence-electron chi connectivity index (χ1n) is 8.28. The highest BCUT2D eigenvalue weighted by atomic mass is 19.1. The Morgan fingerprint density at radius 3 is 2.56 bits per heavy atom. The molecule has 1 amide bonds. The predicted octanol–water partition coefficient (Wildman–Crippen LogP) is 3.89. The van der Waals surface area contributed by atoms with E-state index in [-0.39, 0.29) is 11.7 Å². The van der Waals surface area contributed by atoms with Crippen molar-refractivity contribution in [2.75, 3.05) is 6.54 Å². The van der Waals surface area contributed by atoms with Gasteiger partial charge in [-0.05, 0) is 37.5 Å². The highest BCUT2D eigenvalue weighted by molar-refractivity contribution is 5.95. The SMILES string of the molecule is Cc1c(-c2ccccc2)n[nH]c1C(=O)NCCCc1ccc(F)cc1. The maximum absolute atomic E-state index is 12.9. The topological polar surface area (TPSA) is 57.8 Å². The Morgan fingerprint density at radius 1 is 1.12 bits per heavy atom. The average molecular weight is 337 g/mol. The third-order valence-corrected chi connectivity index (χ3v) is 4.13. The first-order valence-corrected chi connectivity index (χ1v) is 8.28. The zero-order valence-electron chi connectivity index (χ0n) is 14.1. The monoisotopic (exact) mass is 337 g/mol. The molecule has 4 nitrogen and oxygen atoms in total. The van der Waals surface area contributed by atoms with Gasteiger partial charge in [-0.15, -0.1) is 0 Å². The highest BCUT2D eigenvalue weighted by Gasteiger charge is 2.16. The van der Waals surface area contributed by atoms with E-state index in [4.69, 9.17) is 0 Å². The summed E-state index contributed by atoms with van der Waals surface area (Å²) in [4.78, 5) is 12.3. The van der Waals surface area contributed by atoms with E-state index in [2.05, 4.69) is 15.5 Å². The molecule has 1 aromatic heterocycles. The number of H-pyrrole nitrogens is 1. The van der Waals surface area contributed by atoms with Gasteiger partial charge in [-0.2, -0.15) is 5.10 Å². The Bertz CT molecular complexity index is 841. The standard InChI is InChI=1S/C20H20FN3O/c1-14-18(16-7-3-2-4-8-16)23-24-19(14)20(25)22-13-5-6-15-9-11-17(21)12-10-15/h2-4,7-12H,5-6,13H2,1H3,(H,22,25)(H,23,24). The van der Waals surface area contributed by atoms with Crippen molar-refractivity contribution in [3.05, 3.63) is 77.2 Å². The Balaban J connectivity index is 1.55. The maximum atomic E-state index is 12.9. The average Bonchev–Trinajstić information content (AvgIpc) is 3.02. The van der Waals surface area contributed by atoms with Crippen molar-refractivity contribution >= 4 is 5.91 Å². The van der Waals surface area contributed by atoms with Crippen molar-refractivity contribution in [2.24, 2.45) is 0 Å². The summed E-state index contributed by atoms with van der Waals surface area (Å²) in [7, 11) is 0. The van der Waals surface area contributed by atoms with Crippen LogP contribution < -0.4 is 5.32 Å². The molecule has 0 aliphatic carbocycles. The number of benzene rings is 2. The number of aryl methyl sites for hydroxylation is 1. The van der Waals surface area contributed by atoms with E-state index in [9.17, 15) is 9.18 Å². The van der Waals surface area contributed by atoms with Crippen molar-refractivity contribution in [3.63, 3.8) is 0 Å². The Morgan fingerprint density at radius 2 is 1.84 bits per heavy atom. The van der Waals surface area contributed by atoms with Gasteiger partial charge in [0.15, 0.2) is 0 Å². The number of carbonyl (C=O) groups is 1. The van der Waals surface area contributed by atoms with Crippen LogP contribution in [0.5, 0.6) is 0 Å². The molecule has 5 heteroatoms. The molecule has 0 fully saturated rings. The number of halogens is 1. The molecule has 0 bridgehead atoms. The van der Waals surface area contributed by atoms with Crippen molar-refractivity contribution in [3.8, 4) is 11.3 Å². The summed E-state index contributed by atoms with van der Waals surface area (Å²) in [5, 5.41) is 10.0. The van der Waals surface area contributed by atoms with Crippen LogP contribution in [0.15, 0.2) is 54.6 Å². The summed E-state index contributed by atoms with van der Waals surface area (Å²) in [5.74, 6) is -0.396. The maximum Gasteiger partial charge on any atom is 0.269 e. The fourth-order valence-corrected chi connectivity index (χ4v) is 2.73. The van der Waals surface area contributed by atoms with Gasteiger partial charge in [-0.25, -0.2) is 4.39 Å². The number of nitrogens with one attached hydrogen (secondary N) is 2. The molecular weight excluding hydrogens is 317 g/mol. The van der Waals surface area contributed by atoms with Crippen LogP contribution in [0.3, 0.4) is 0 Å². The fourth-order valence-electron chi connectivity index (χ4n) is 2.73. The van der Waals surface area contributed by atoms with Crippen molar-refractivity contribution in [2.45, 2.75) is 19.8 Å². The van der Waals surface area contributed by atoms with Gasteiger partial charge in [0.25, 0.3) is 5.91 Å². The Hall–Kier alpha value is -2.95. The van der Waals surface area contributed by atoms with Crippen LogP contribution in [0.25, 0.3) is 11.3 Å². The third-order valence-electron chi connectivity index (χ3n) is 4.13. The van der Waals surface area contributed by atoms with Crippen LogP contribution in [0, 0.1) is 12.7 Å². The molecule has 0 atom stereocenters. The van der Waals surface area contributed by atoms with Gasteiger partial charge in [0.1, 0.15) is 11.5 Å². The van der Waals surface area contributed by atoms with Crippen LogP contribution in [0.1, 0.15) is 28.0 Å². The van der Waals surface area contributed by atoms with Gasteiger partial charge < -0.3 is 5.32 Å². The Labute approximate surface area is 146 Å². The number of carbonyl (C=O) groups excluding carboxylic acids is 1. The molecule has 1 heterocycles. The minimum absolute atomic E-state index is 0.161. The van der Waals surface area contributed by atoms with Crippen molar-refractivity contribution in [1.82, 2.24) is 15.5 Å². The van der Waals surface area contributed by atoms with Gasteiger partial charge in [-0.3, -0.25) is 9.89 Å². The number of aromatic amines is 1. The number of rotatable bonds is 6. The molecule has 2 N–H and O–H groups in total. The molecule has 3 aromatic rings. The molecule has 128 valence electrons. The molecule has 0 saturated heterocycles. The lowest BCUT2D eigenvalue weighted by molar-refractivity contribution is 0.0947. The number of nitrogens with zero attached hydrogens (tertiary/aromatic N) is 1. The Kier molecular flexibility index (Phi) is 5.23. The lowest BCUT2D eigenvalue weighted by atomic mass is 10.1. The van der Waals surface area contributed by atoms with Crippen molar-refractivity contribution < 1.29 is 9.18 Å². The van der Waals surface area contributed by atoms with E-state index in [1.54, 1.807) is 12.1 Å². The molecular formula is C20H20FN3O. The zero-order valence-corrected chi connectivity index (χ0v) is 14.1. The van der Waals surface area contributed by atoms with Gasteiger partial charge in [0.05, 0.1) is 5.69 Å². The fraction of sp³-hybridized carbons (Fsp3) is 0.200. The first-order chi connectivity index (χ1) is 12.1. The minimum Gasteiger partial charge on any atom is -0.351 e. The lowest BCUT2D eigenvalue weighted by Crippen LogP contribution is -2.25. The molecule has 2 aromatic carbocycles. The van der Waals surface area contributed by atoms with Crippen LogP contribution in [-0.2, 0) is 6.42 Å². The second kappa shape index (κ2) is 7.75. The molecule has 0 radical (unpaired) electrons. The summed E-state index contributed by atoms with van der Waals surface area (Å²) in [6.45, 7) is 2.44. The molecule has 0 spiro atoms. The normalized spacial score (nSPS) is 10.6. The quantitative estimate of drug-likeness (QED) is 0.671. The number of hydrogen-bond donors (Lipinski definition) is 2. The van der Waals surface area contributed by atoms with E-state index in [1.807, 2.05) is 37.3 Å². The van der Waals surface area contributed by atoms with Gasteiger partial charge in [0, 0.05) is 17.7 Å².